The summed E-state index contributed by atoms with van der Waals surface area (Å²) in [6.45, 7) is 5.45. The summed E-state index contributed by atoms with van der Waals surface area (Å²) in [6.07, 6.45) is 2.68. The van der Waals surface area contributed by atoms with Crippen LogP contribution in [0, 0.1) is 0 Å². The summed E-state index contributed by atoms with van der Waals surface area (Å²) in [6, 6.07) is 7.65. The standard InChI is InChI=1S/C19H25ClN2O3/c1-2-25-17(23)14-21-10-3-11-22(13-12-21)18(24)19(8-9-19)15-4-6-16(20)7-5-15/h4-7H,2-3,8-14H2,1H3. The van der Waals surface area contributed by atoms with Gasteiger partial charge in [-0.2, -0.15) is 0 Å². The van der Waals surface area contributed by atoms with Gasteiger partial charge in [-0.15, -0.1) is 0 Å². The molecule has 1 saturated carbocycles. The molecule has 1 aromatic rings. The molecule has 5 nitrogen and oxygen atoms in total. The molecule has 25 heavy (non-hydrogen) atoms. The Labute approximate surface area is 153 Å². The van der Waals surface area contributed by atoms with Gasteiger partial charge in [0.05, 0.1) is 18.6 Å². The maximum absolute atomic E-state index is 13.1. The summed E-state index contributed by atoms with van der Waals surface area (Å²) in [5.41, 5.74) is 0.704. The van der Waals surface area contributed by atoms with Gasteiger partial charge in [-0.05, 0) is 43.9 Å². The van der Waals surface area contributed by atoms with Crippen LogP contribution < -0.4 is 0 Å². The molecular weight excluding hydrogens is 340 g/mol. The lowest BCUT2D eigenvalue weighted by Gasteiger charge is -2.26. The van der Waals surface area contributed by atoms with Crippen LogP contribution >= 0.6 is 11.6 Å². The highest BCUT2D eigenvalue weighted by Gasteiger charge is 2.52. The van der Waals surface area contributed by atoms with E-state index in [2.05, 4.69) is 4.90 Å². The third-order valence-corrected chi connectivity index (χ3v) is 5.34. The number of esters is 1. The van der Waals surface area contributed by atoms with Crippen molar-refractivity contribution in [3.8, 4) is 0 Å². The van der Waals surface area contributed by atoms with E-state index in [-0.39, 0.29) is 17.3 Å². The third kappa shape index (κ3) is 4.15. The molecule has 6 heteroatoms. The summed E-state index contributed by atoms with van der Waals surface area (Å²) in [5, 5.41) is 0.691. The first-order chi connectivity index (χ1) is 12.0. The Kier molecular flexibility index (Phi) is 5.64. The number of halogens is 1. The average molecular weight is 365 g/mol. The molecule has 1 heterocycles. The molecule has 2 fully saturated rings. The molecule has 0 N–H and O–H groups in total. The molecule has 0 bridgehead atoms. The van der Waals surface area contributed by atoms with E-state index in [9.17, 15) is 9.59 Å². The van der Waals surface area contributed by atoms with Crippen LogP contribution in [0.4, 0.5) is 0 Å². The molecule has 2 aliphatic rings. The number of rotatable bonds is 5. The fourth-order valence-corrected chi connectivity index (χ4v) is 3.67. The van der Waals surface area contributed by atoms with Crippen molar-refractivity contribution in [2.24, 2.45) is 0 Å². The Morgan fingerprint density at radius 3 is 2.48 bits per heavy atom. The minimum atomic E-state index is -0.360. The van der Waals surface area contributed by atoms with E-state index in [0.717, 1.165) is 37.9 Å². The van der Waals surface area contributed by atoms with Crippen LogP contribution in [0.1, 0.15) is 31.7 Å². The molecule has 1 aliphatic carbocycles. The van der Waals surface area contributed by atoms with Crippen LogP contribution in [0.25, 0.3) is 0 Å². The van der Waals surface area contributed by atoms with Gasteiger partial charge in [0, 0.05) is 31.2 Å². The van der Waals surface area contributed by atoms with Crippen LogP contribution in [0.3, 0.4) is 0 Å². The van der Waals surface area contributed by atoms with Gasteiger partial charge >= 0.3 is 5.97 Å². The van der Waals surface area contributed by atoms with Crippen molar-refractivity contribution in [3.05, 3.63) is 34.9 Å². The average Bonchev–Trinajstić information content (AvgIpc) is 3.40. The fourth-order valence-electron chi connectivity index (χ4n) is 3.54. The molecule has 0 spiro atoms. The predicted octanol–water partition coefficient (Wildman–Crippen LogP) is 2.47. The number of hydrogen-bond donors (Lipinski definition) is 0. The van der Waals surface area contributed by atoms with Crippen LogP contribution in [0.2, 0.25) is 5.02 Å². The van der Waals surface area contributed by atoms with E-state index in [1.807, 2.05) is 36.1 Å². The molecular formula is C19H25ClN2O3. The minimum absolute atomic E-state index is 0.192. The predicted molar refractivity (Wildman–Crippen MR) is 96.6 cm³/mol. The van der Waals surface area contributed by atoms with Gasteiger partial charge in [0.25, 0.3) is 0 Å². The largest absolute Gasteiger partial charge is 0.465 e. The summed E-state index contributed by atoms with van der Waals surface area (Å²) in [7, 11) is 0. The van der Waals surface area contributed by atoms with Gasteiger partial charge in [-0.25, -0.2) is 0 Å². The quantitative estimate of drug-likeness (QED) is 0.753. The summed E-state index contributed by atoms with van der Waals surface area (Å²) in [4.78, 5) is 28.8. The zero-order valence-corrected chi connectivity index (χ0v) is 15.4. The van der Waals surface area contributed by atoms with Crippen molar-refractivity contribution < 1.29 is 14.3 Å². The van der Waals surface area contributed by atoms with E-state index in [1.165, 1.54) is 0 Å². The number of benzene rings is 1. The first-order valence-corrected chi connectivity index (χ1v) is 9.36. The fraction of sp³-hybridized carbons (Fsp3) is 0.579. The van der Waals surface area contributed by atoms with Gasteiger partial charge in [0.15, 0.2) is 0 Å². The summed E-state index contributed by atoms with van der Waals surface area (Å²) in [5.74, 6) is 0.0231. The minimum Gasteiger partial charge on any atom is -0.465 e. The van der Waals surface area contributed by atoms with Crippen LogP contribution in [-0.4, -0.2) is 61.0 Å². The van der Waals surface area contributed by atoms with Crippen LogP contribution in [0.15, 0.2) is 24.3 Å². The third-order valence-electron chi connectivity index (χ3n) is 5.09. The van der Waals surface area contributed by atoms with Crippen molar-refractivity contribution >= 4 is 23.5 Å². The van der Waals surface area contributed by atoms with Gasteiger partial charge in [0.2, 0.25) is 5.91 Å². The number of nitrogens with zero attached hydrogens (tertiary/aromatic N) is 2. The van der Waals surface area contributed by atoms with Crippen molar-refractivity contribution in [2.45, 2.75) is 31.6 Å². The molecule has 0 radical (unpaired) electrons. The normalized spacial score (nSPS) is 20.0. The zero-order valence-electron chi connectivity index (χ0n) is 14.7. The van der Waals surface area contributed by atoms with E-state index >= 15 is 0 Å². The van der Waals surface area contributed by atoms with Gasteiger partial charge in [-0.3, -0.25) is 14.5 Å². The van der Waals surface area contributed by atoms with Gasteiger partial charge in [0.1, 0.15) is 0 Å². The number of carbonyl (C=O) groups excluding carboxylic acids is 2. The second-order valence-electron chi connectivity index (χ2n) is 6.82. The molecule has 1 aliphatic heterocycles. The van der Waals surface area contributed by atoms with Crippen LogP contribution in [-0.2, 0) is 19.7 Å². The van der Waals surface area contributed by atoms with E-state index < -0.39 is 0 Å². The maximum atomic E-state index is 13.1. The first kappa shape index (κ1) is 18.2. The molecule has 0 unspecified atom stereocenters. The first-order valence-electron chi connectivity index (χ1n) is 8.98. The van der Waals surface area contributed by atoms with E-state index in [4.69, 9.17) is 16.3 Å². The Bertz CT molecular complexity index is 628. The van der Waals surface area contributed by atoms with Crippen molar-refractivity contribution in [3.63, 3.8) is 0 Å². The topological polar surface area (TPSA) is 49.9 Å². The second kappa shape index (κ2) is 7.75. The Balaban J connectivity index is 1.61. The Morgan fingerprint density at radius 2 is 1.84 bits per heavy atom. The monoisotopic (exact) mass is 364 g/mol. The van der Waals surface area contributed by atoms with E-state index in [1.54, 1.807) is 0 Å². The SMILES string of the molecule is CCOC(=O)CN1CCCN(C(=O)C2(c3ccc(Cl)cc3)CC2)CC1. The smallest absolute Gasteiger partial charge is 0.320 e. The lowest BCUT2D eigenvalue weighted by Crippen LogP contribution is -2.42. The van der Waals surface area contributed by atoms with Gasteiger partial charge in [-0.1, -0.05) is 23.7 Å². The Hall–Kier alpha value is -1.59. The lowest BCUT2D eigenvalue weighted by molar-refractivity contribution is -0.144. The zero-order chi connectivity index (χ0) is 17.9. The van der Waals surface area contributed by atoms with Crippen molar-refractivity contribution in [2.75, 3.05) is 39.3 Å². The van der Waals surface area contributed by atoms with Gasteiger partial charge < -0.3 is 9.64 Å². The molecule has 1 saturated heterocycles. The number of amides is 1. The highest BCUT2D eigenvalue weighted by Crippen LogP contribution is 2.49. The van der Waals surface area contributed by atoms with E-state index in [0.29, 0.717) is 31.3 Å². The molecule has 3 rings (SSSR count). The van der Waals surface area contributed by atoms with Crippen LogP contribution in [0.5, 0.6) is 0 Å². The van der Waals surface area contributed by atoms with Crippen molar-refractivity contribution in [1.82, 2.24) is 9.80 Å². The second-order valence-corrected chi connectivity index (χ2v) is 7.25. The Morgan fingerprint density at radius 1 is 1.12 bits per heavy atom. The molecule has 0 atom stereocenters. The molecule has 136 valence electrons. The highest BCUT2D eigenvalue weighted by molar-refractivity contribution is 6.30. The number of ether oxygens (including phenoxy) is 1. The van der Waals surface area contributed by atoms with Crippen molar-refractivity contribution in [1.29, 1.82) is 0 Å². The number of carbonyl (C=O) groups is 2. The summed E-state index contributed by atoms with van der Waals surface area (Å²) < 4.78 is 5.02. The number of hydrogen-bond acceptors (Lipinski definition) is 4. The maximum Gasteiger partial charge on any atom is 0.320 e. The highest BCUT2D eigenvalue weighted by atomic mass is 35.5. The lowest BCUT2D eigenvalue weighted by atomic mass is 9.94. The molecule has 1 aromatic carbocycles. The molecule has 1 amide bonds. The molecule has 0 aromatic heterocycles. The summed E-state index contributed by atoms with van der Waals surface area (Å²) >= 11 is 5.97.